The minimum absolute atomic E-state index is 0.159. The van der Waals surface area contributed by atoms with Crippen molar-refractivity contribution < 1.29 is 17.2 Å². The van der Waals surface area contributed by atoms with Gasteiger partial charge in [-0.05, 0) is 66.6 Å². The predicted molar refractivity (Wildman–Crippen MR) is 136 cm³/mol. The van der Waals surface area contributed by atoms with E-state index in [4.69, 9.17) is 0 Å². The lowest BCUT2D eigenvalue weighted by Crippen LogP contribution is -2.01. The Balaban J connectivity index is 2.01. The van der Waals surface area contributed by atoms with Gasteiger partial charge in [0.15, 0.2) is 9.84 Å². The lowest BCUT2D eigenvalue weighted by molar-refractivity contribution is 0.146. The predicted octanol–water partition coefficient (Wildman–Crippen LogP) is 6.99. The summed E-state index contributed by atoms with van der Waals surface area (Å²) in [5.41, 5.74) is 2.31. The van der Waals surface area contributed by atoms with Crippen molar-refractivity contribution in [2.24, 2.45) is 0 Å². The Bertz CT molecular complexity index is 1400. The maximum absolute atomic E-state index is 14.3. The second-order valence-corrected chi connectivity index (χ2v) is 11.3. The van der Waals surface area contributed by atoms with E-state index in [9.17, 15) is 17.2 Å². The highest BCUT2D eigenvalue weighted by molar-refractivity contribution is 7.98. The molecule has 176 valence electrons. The van der Waals surface area contributed by atoms with E-state index in [1.165, 1.54) is 16.8 Å². The Morgan fingerprint density at radius 2 is 1.29 bits per heavy atom. The van der Waals surface area contributed by atoms with E-state index in [2.05, 4.69) is 5.10 Å². The minimum atomic E-state index is -3.40. The van der Waals surface area contributed by atoms with Crippen LogP contribution in [0.4, 0.5) is 8.78 Å². The summed E-state index contributed by atoms with van der Waals surface area (Å²) in [6.07, 6.45) is 2.25. The molecule has 1 aromatic heterocycles. The van der Waals surface area contributed by atoms with Crippen LogP contribution in [0.15, 0.2) is 87.5 Å². The van der Waals surface area contributed by atoms with Gasteiger partial charge in [0, 0.05) is 27.2 Å². The summed E-state index contributed by atoms with van der Waals surface area (Å²) in [7, 11) is -3.40. The molecule has 4 nitrogen and oxygen atoms in total. The maximum atomic E-state index is 14.3. The molecule has 0 unspecified atom stereocenters. The van der Waals surface area contributed by atoms with Gasteiger partial charge < -0.3 is 0 Å². The second-order valence-electron chi connectivity index (χ2n) is 7.54. The first-order valence-corrected chi connectivity index (χ1v) is 14.6. The van der Waals surface area contributed by atoms with Gasteiger partial charge in [0.1, 0.15) is 5.69 Å². The molecule has 34 heavy (non-hydrogen) atoms. The zero-order chi connectivity index (χ0) is 24.5. The third-order valence-corrected chi connectivity index (χ3v) is 7.99. The van der Waals surface area contributed by atoms with Crippen molar-refractivity contribution in [3.05, 3.63) is 78.5 Å². The molecule has 0 atom stereocenters. The highest BCUT2D eigenvalue weighted by Gasteiger charge is 2.27. The average molecular weight is 517 g/mol. The summed E-state index contributed by atoms with van der Waals surface area (Å²) in [5, 5.41) is 4.34. The molecule has 0 aliphatic heterocycles. The number of halogens is 2. The van der Waals surface area contributed by atoms with E-state index in [1.807, 2.05) is 61.0 Å². The summed E-state index contributed by atoms with van der Waals surface area (Å²) in [5.74, 6) is 0. The Hall–Kier alpha value is -2.62. The topological polar surface area (TPSA) is 52.0 Å². The largest absolute Gasteiger partial charge is 0.282 e. The lowest BCUT2D eigenvalue weighted by Gasteiger charge is -2.12. The van der Waals surface area contributed by atoms with E-state index in [0.717, 1.165) is 16.0 Å². The van der Waals surface area contributed by atoms with Crippen LogP contribution in [0.25, 0.3) is 28.1 Å². The fourth-order valence-electron chi connectivity index (χ4n) is 3.67. The molecule has 4 rings (SSSR count). The van der Waals surface area contributed by atoms with Crippen molar-refractivity contribution in [3.63, 3.8) is 0 Å². The van der Waals surface area contributed by atoms with Gasteiger partial charge in [-0.25, -0.2) is 21.9 Å². The van der Waals surface area contributed by atoms with Crippen LogP contribution in [-0.2, 0) is 9.84 Å². The molecule has 0 saturated heterocycles. The number of hydrogen-bond acceptors (Lipinski definition) is 5. The van der Waals surface area contributed by atoms with Crippen LogP contribution in [0, 0.1) is 0 Å². The van der Waals surface area contributed by atoms with E-state index < -0.39 is 16.3 Å². The number of alkyl halides is 2. The monoisotopic (exact) mass is 516 g/mol. The van der Waals surface area contributed by atoms with Gasteiger partial charge in [-0.2, -0.15) is 5.10 Å². The molecule has 0 amide bonds. The molecule has 0 saturated carbocycles. The van der Waals surface area contributed by atoms with Gasteiger partial charge in [0.25, 0.3) is 6.43 Å². The maximum Gasteiger partial charge on any atom is 0.282 e. The zero-order valence-electron chi connectivity index (χ0n) is 18.7. The Morgan fingerprint density at radius 1 is 0.794 bits per heavy atom. The molecular weight excluding hydrogens is 494 g/mol. The molecule has 0 fully saturated rings. The average Bonchev–Trinajstić information content (AvgIpc) is 3.24. The molecule has 3 aromatic carbocycles. The van der Waals surface area contributed by atoms with Crippen molar-refractivity contribution in [1.82, 2.24) is 9.78 Å². The smallest absolute Gasteiger partial charge is 0.232 e. The van der Waals surface area contributed by atoms with Crippen LogP contribution >= 0.6 is 23.5 Å². The fraction of sp³-hybridized carbons (Fsp3) is 0.160. The minimum Gasteiger partial charge on any atom is -0.232 e. The standard InChI is InChI=1S/C25H22F2N2O2S3/c1-32-19-10-4-16(5-11-19)22-23(25(26)27)28-29(18-8-12-20(33-2)13-9-18)24(22)17-6-14-21(15-7-17)34(3,30)31/h4-15,25H,1-3H3. The first-order valence-electron chi connectivity index (χ1n) is 10.2. The molecule has 0 aliphatic carbocycles. The quantitative estimate of drug-likeness (QED) is 0.248. The van der Waals surface area contributed by atoms with E-state index in [0.29, 0.717) is 28.1 Å². The van der Waals surface area contributed by atoms with Crippen molar-refractivity contribution in [1.29, 1.82) is 0 Å². The number of benzene rings is 3. The third kappa shape index (κ3) is 4.92. The number of hydrogen-bond donors (Lipinski definition) is 0. The van der Waals surface area contributed by atoms with E-state index >= 15 is 0 Å². The Labute approximate surface area is 206 Å². The molecule has 4 aromatic rings. The van der Waals surface area contributed by atoms with Crippen LogP contribution in [0.5, 0.6) is 0 Å². The van der Waals surface area contributed by atoms with Crippen molar-refractivity contribution >= 4 is 33.4 Å². The Morgan fingerprint density at radius 3 is 1.76 bits per heavy atom. The molecule has 0 N–H and O–H groups in total. The van der Waals surface area contributed by atoms with Crippen molar-refractivity contribution in [3.8, 4) is 28.1 Å². The molecule has 0 aliphatic rings. The van der Waals surface area contributed by atoms with Gasteiger partial charge in [-0.3, -0.25) is 0 Å². The van der Waals surface area contributed by atoms with Crippen molar-refractivity contribution in [2.45, 2.75) is 21.1 Å². The van der Waals surface area contributed by atoms with E-state index in [-0.39, 0.29) is 10.6 Å². The normalized spacial score (nSPS) is 11.8. The second kappa shape index (κ2) is 9.93. The highest BCUT2D eigenvalue weighted by Crippen LogP contribution is 2.41. The molecular formula is C25H22F2N2O2S3. The molecule has 9 heteroatoms. The number of thioether (sulfide) groups is 2. The summed E-state index contributed by atoms with van der Waals surface area (Å²) in [6, 6.07) is 21.1. The van der Waals surface area contributed by atoms with Gasteiger partial charge in [-0.1, -0.05) is 24.3 Å². The van der Waals surface area contributed by atoms with Crippen LogP contribution in [-0.4, -0.2) is 37.0 Å². The number of rotatable bonds is 7. The van der Waals surface area contributed by atoms with Crippen LogP contribution in [0.2, 0.25) is 0 Å². The Kier molecular flexibility index (Phi) is 7.16. The van der Waals surface area contributed by atoms with Crippen LogP contribution < -0.4 is 0 Å². The van der Waals surface area contributed by atoms with Crippen molar-refractivity contribution in [2.75, 3.05) is 18.8 Å². The van der Waals surface area contributed by atoms with Crippen LogP contribution in [0.1, 0.15) is 12.1 Å². The summed E-state index contributed by atoms with van der Waals surface area (Å²) < 4.78 is 53.9. The third-order valence-electron chi connectivity index (χ3n) is 5.37. The highest BCUT2D eigenvalue weighted by atomic mass is 32.2. The SMILES string of the molecule is CSc1ccc(-c2c(C(F)F)nn(-c3ccc(SC)cc3)c2-c2ccc(S(C)(=O)=O)cc2)cc1. The van der Waals surface area contributed by atoms with Gasteiger partial charge in [0.2, 0.25) is 0 Å². The van der Waals surface area contributed by atoms with E-state index in [1.54, 1.807) is 35.7 Å². The van der Waals surface area contributed by atoms with Gasteiger partial charge in [0.05, 0.1) is 16.3 Å². The zero-order valence-corrected chi connectivity index (χ0v) is 21.1. The summed E-state index contributed by atoms with van der Waals surface area (Å²) in [6.45, 7) is 0. The number of aromatic nitrogens is 2. The van der Waals surface area contributed by atoms with Gasteiger partial charge in [-0.15, -0.1) is 23.5 Å². The summed E-state index contributed by atoms with van der Waals surface area (Å²) in [4.78, 5) is 2.21. The first kappa shape index (κ1) is 24.5. The number of sulfone groups is 1. The first-order chi connectivity index (χ1) is 16.2. The van der Waals surface area contributed by atoms with Gasteiger partial charge >= 0.3 is 0 Å². The van der Waals surface area contributed by atoms with Crippen LogP contribution in [0.3, 0.4) is 0 Å². The molecule has 0 radical (unpaired) electrons. The molecule has 0 spiro atoms. The fourth-order valence-corrected chi connectivity index (χ4v) is 5.11. The molecule has 1 heterocycles. The number of nitrogens with zero attached hydrogens (tertiary/aromatic N) is 2. The lowest BCUT2D eigenvalue weighted by atomic mass is 9.98. The summed E-state index contributed by atoms with van der Waals surface area (Å²) >= 11 is 3.15. The molecule has 0 bridgehead atoms.